The highest BCUT2D eigenvalue weighted by molar-refractivity contribution is 5.88. The van der Waals surface area contributed by atoms with Crippen LogP contribution in [-0.2, 0) is 14.3 Å². The van der Waals surface area contributed by atoms with E-state index in [-0.39, 0.29) is 25.4 Å². The zero-order chi connectivity index (χ0) is 14.7. The molecule has 1 fully saturated rings. The van der Waals surface area contributed by atoms with Gasteiger partial charge < -0.3 is 26.0 Å². The van der Waals surface area contributed by atoms with Gasteiger partial charge in [0.15, 0.2) is 6.23 Å². The Labute approximate surface area is 113 Å². The highest BCUT2D eigenvalue weighted by atomic mass is 16.6. The number of amides is 1. The van der Waals surface area contributed by atoms with Crippen molar-refractivity contribution in [3.63, 3.8) is 0 Å². The molecule has 1 aromatic heterocycles. The molecule has 5 N–H and O–H groups in total. The number of carbonyl (C=O) groups is 2. The van der Waals surface area contributed by atoms with Crippen LogP contribution in [0.1, 0.15) is 23.3 Å². The largest absolute Gasteiger partial charge is 0.462 e. The number of aromatic nitrogens is 3. The van der Waals surface area contributed by atoms with E-state index in [0.29, 0.717) is 0 Å². The Morgan fingerprint density at radius 1 is 1.60 bits per heavy atom. The van der Waals surface area contributed by atoms with E-state index >= 15 is 0 Å². The van der Waals surface area contributed by atoms with Crippen LogP contribution in [0.15, 0.2) is 6.33 Å². The Hall–Kier alpha value is -2.04. The summed E-state index contributed by atoms with van der Waals surface area (Å²) in [6.45, 7) is -0.231. The van der Waals surface area contributed by atoms with Gasteiger partial charge >= 0.3 is 5.97 Å². The standard InChI is InChI=1S/C10H15N5O5/c11-2-7(17)19-3-5-1-6(16)10(20-5)15-4-13-9(14-15)8(12)18/h4-6,10,16H,1-3,11H2,(H2,12,18)/t5-,6+,10+/m0/s1. The first kappa shape index (κ1) is 14.4. The molecule has 1 saturated heterocycles. The van der Waals surface area contributed by atoms with Crippen molar-refractivity contribution in [2.24, 2.45) is 11.5 Å². The first-order valence-corrected chi connectivity index (χ1v) is 5.91. The number of ether oxygens (including phenoxy) is 2. The van der Waals surface area contributed by atoms with Crippen LogP contribution in [0.25, 0.3) is 0 Å². The molecule has 0 saturated carbocycles. The molecule has 2 heterocycles. The molecular formula is C10H15N5O5. The van der Waals surface area contributed by atoms with E-state index in [1.165, 1.54) is 11.0 Å². The van der Waals surface area contributed by atoms with Crippen LogP contribution in [-0.4, -0.2) is 57.1 Å². The lowest BCUT2D eigenvalue weighted by Gasteiger charge is -2.14. The Balaban J connectivity index is 1.96. The van der Waals surface area contributed by atoms with Gasteiger partial charge in [0.05, 0.1) is 12.6 Å². The fourth-order valence-corrected chi connectivity index (χ4v) is 1.83. The van der Waals surface area contributed by atoms with E-state index in [4.69, 9.17) is 20.9 Å². The summed E-state index contributed by atoms with van der Waals surface area (Å²) in [6.07, 6.45) is -0.654. The molecule has 3 atom stereocenters. The summed E-state index contributed by atoms with van der Waals surface area (Å²) in [5.74, 6) is -1.49. The first-order valence-electron chi connectivity index (χ1n) is 5.91. The SMILES string of the molecule is NCC(=O)OC[C@@H]1C[C@@H](O)[C@H](n2cnc(C(N)=O)n2)O1. The minimum atomic E-state index is -0.862. The zero-order valence-electron chi connectivity index (χ0n) is 10.5. The monoisotopic (exact) mass is 285 g/mol. The predicted octanol–water partition coefficient (Wildman–Crippen LogP) is -2.47. The second-order valence-corrected chi connectivity index (χ2v) is 4.25. The molecule has 20 heavy (non-hydrogen) atoms. The molecule has 110 valence electrons. The maximum Gasteiger partial charge on any atom is 0.319 e. The second-order valence-electron chi connectivity index (χ2n) is 4.25. The number of nitrogens with two attached hydrogens (primary N) is 2. The van der Waals surface area contributed by atoms with Gasteiger partial charge in [-0.05, 0) is 0 Å². The maximum atomic E-state index is 10.9. The summed E-state index contributed by atoms with van der Waals surface area (Å²) >= 11 is 0. The second kappa shape index (κ2) is 5.94. The van der Waals surface area contributed by atoms with E-state index in [1.807, 2.05) is 0 Å². The number of nitrogens with zero attached hydrogens (tertiary/aromatic N) is 3. The fourth-order valence-electron chi connectivity index (χ4n) is 1.83. The van der Waals surface area contributed by atoms with E-state index in [2.05, 4.69) is 10.1 Å². The minimum absolute atomic E-state index is 0.0129. The highest BCUT2D eigenvalue weighted by Crippen LogP contribution is 2.28. The third-order valence-corrected chi connectivity index (χ3v) is 2.75. The predicted molar refractivity (Wildman–Crippen MR) is 63.1 cm³/mol. The molecule has 10 nitrogen and oxygen atoms in total. The molecule has 2 rings (SSSR count). The van der Waals surface area contributed by atoms with Crippen LogP contribution < -0.4 is 11.5 Å². The molecule has 0 aliphatic carbocycles. The molecule has 10 heteroatoms. The molecule has 1 amide bonds. The van der Waals surface area contributed by atoms with Crippen molar-refractivity contribution in [1.29, 1.82) is 0 Å². The average molecular weight is 285 g/mol. The van der Waals surface area contributed by atoms with Gasteiger partial charge in [0.1, 0.15) is 19.0 Å². The van der Waals surface area contributed by atoms with Crippen LogP contribution in [0.5, 0.6) is 0 Å². The summed E-state index contributed by atoms with van der Waals surface area (Å²) in [7, 11) is 0. The lowest BCUT2D eigenvalue weighted by atomic mass is 10.2. The number of aliphatic hydroxyl groups is 1. The third-order valence-electron chi connectivity index (χ3n) is 2.75. The summed E-state index contributed by atoms with van der Waals surface area (Å²) in [6, 6.07) is 0. The third kappa shape index (κ3) is 3.10. The first-order chi connectivity index (χ1) is 9.51. The fraction of sp³-hybridized carbons (Fsp3) is 0.600. The molecule has 0 spiro atoms. The van der Waals surface area contributed by atoms with Crippen molar-refractivity contribution >= 4 is 11.9 Å². The number of carbonyl (C=O) groups excluding carboxylic acids is 2. The Morgan fingerprint density at radius 2 is 2.35 bits per heavy atom. The van der Waals surface area contributed by atoms with Crippen LogP contribution >= 0.6 is 0 Å². The molecule has 0 radical (unpaired) electrons. The van der Waals surface area contributed by atoms with Crippen molar-refractivity contribution in [2.45, 2.75) is 24.9 Å². The Morgan fingerprint density at radius 3 is 2.95 bits per heavy atom. The number of hydrogen-bond acceptors (Lipinski definition) is 8. The van der Waals surface area contributed by atoms with Gasteiger partial charge in [-0.15, -0.1) is 5.10 Å². The van der Waals surface area contributed by atoms with Crippen LogP contribution in [0.2, 0.25) is 0 Å². The lowest BCUT2D eigenvalue weighted by Crippen LogP contribution is -2.23. The van der Waals surface area contributed by atoms with Gasteiger partial charge in [0, 0.05) is 6.42 Å². The van der Waals surface area contributed by atoms with E-state index in [1.54, 1.807) is 0 Å². The van der Waals surface area contributed by atoms with Gasteiger partial charge in [-0.1, -0.05) is 0 Å². The normalized spacial score (nSPS) is 25.6. The molecular weight excluding hydrogens is 270 g/mol. The number of esters is 1. The van der Waals surface area contributed by atoms with Gasteiger partial charge in [0.2, 0.25) is 5.82 Å². The van der Waals surface area contributed by atoms with Crippen molar-refractivity contribution in [3.8, 4) is 0 Å². The number of hydrogen-bond donors (Lipinski definition) is 3. The number of aliphatic hydroxyl groups excluding tert-OH is 1. The van der Waals surface area contributed by atoms with Crippen molar-refractivity contribution in [3.05, 3.63) is 12.2 Å². The molecule has 0 aromatic carbocycles. The van der Waals surface area contributed by atoms with Crippen LogP contribution in [0, 0.1) is 0 Å². The van der Waals surface area contributed by atoms with Gasteiger partial charge in [0.25, 0.3) is 5.91 Å². The lowest BCUT2D eigenvalue weighted by molar-refractivity contribution is -0.147. The minimum Gasteiger partial charge on any atom is -0.462 e. The molecule has 0 unspecified atom stereocenters. The topological polar surface area (TPSA) is 156 Å². The summed E-state index contributed by atoms with van der Waals surface area (Å²) in [5.41, 5.74) is 10.1. The Bertz CT molecular complexity index is 504. The van der Waals surface area contributed by atoms with Crippen molar-refractivity contribution in [1.82, 2.24) is 14.8 Å². The average Bonchev–Trinajstić information content (AvgIpc) is 3.02. The summed E-state index contributed by atoms with van der Waals surface area (Å²) in [4.78, 5) is 25.5. The summed E-state index contributed by atoms with van der Waals surface area (Å²) < 4.78 is 11.5. The molecule has 1 aliphatic heterocycles. The van der Waals surface area contributed by atoms with E-state index in [9.17, 15) is 14.7 Å². The quantitative estimate of drug-likeness (QED) is 0.502. The number of rotatable bonds is 5. The smallest absolute Gasteiger partial charge is 0.319 e. The maximum absolute atomic E-state index is 10.9. The molecule has 1 aliphatic rings. The van der Waals surface area contributed by atoms with Crippen molar-refractivity contribution in [2.75, 3.05) is 13.2 Å². The van der Waals surface area contributed by atoms with E-state index < -0.39 is 30.3 Å². The number of primary amides is 1. The Kier molecular flexibility index (Phi) is 4.27. The highest BCUT2D eigenvalue weighted by Gasteiger charge is 2.36. The van der Waals surface area contributed by atoms with Gasteiger partial charge in [-0.2, -0.15) is 0 Å². The van der Waals surface area contributed by atoms with Gasteiger partial charge in [-0.25, -0.2) is 9.67 Å². The van der Waals surface area contributed by atoms with Crippen LogP contribution in [0.4, 0.5) is 0 Å². The van der Waals surface area contributed by atoms with E-state index in [0.717, 1.165) is 0 Å². The zero-order valence-corrected chi connectivity index (χ0v) is 10.5. The molecule has 1 aromatic rings. The molecule has 0 bridgehead atoms. The summed E-state index contributed by atoms with van der Waals surface area (Å²) in [5, 5.41) is 13.7. The van der Waals surface area contributed by atoms with Gasteiger partial charge in [-0.3, -0.25) is 9.59 Å². The van der Waals surface area contributed by atoms with Crippen LogP contribution in [0.3, 0.4) is 0 Å². The van der Waals surface area contributed by atoms with Crippen molar-refractivity contribution < 1.29 is 24.2 Å².